The van der Waals surface area contributed by atoms with Crippen LogP contribution in [0.2, 0.25) is 0 Å². The van der Waals surface area contributed by atoms with E-state index in [0.29, 0.717) is 38.0 Å². The monoisotopic (exact) mass is 405 g/mol. The summed E-state index contributed by atoms with van der Waals surface area (Å²) in [6.07, 6.45) is 7.01. The van der Waals surface area contributed by atoms with Crippen molar-refractivity contribution in [3.8, 4) is 11.4 Å². The minimum atomic E-state index is -0.0395. The highest BCUT2D eigenvalue weighted by Crippen LogP contribution is 2.39. The normalized spacial score (nSPS) is 22.7. The van der Waals surface area contributed by atoms with Crippen LogP contribution in [0.15, 0.2) is 36.8 Å². The number of carbonyl (C=O) groups excluding carboxylic acids is 1. The summed E-state index contributed by atoms with van der Waals surface area (Å²) in [7, 11) is 0. The predicted molar refractivity (Wildman–Crippen MR) is 111 cm³/mol. The largest absolute Gasteiger partial charge is 0.380 e. The predicted octanol–water partition coefficient (Wildman–Crippen LogP) is 1.32. The third-order valence-corrected chi connectivity index (χ3v) is 6.22. The lowest BCUT2D eigenvalue weighted by atomic mass is 9.85. The smallest absolute Gasteiger partial charge is 0.229 e. The van der Waals surface area contributed by atoms with Crippen molar-refractivity contribution in [3.63, 3.8) is 0 Å². The summed E-state index contributed by atoms with van der Waals surface area (Å²) < 4.78 is 7.31. The van der Waals surface area contributed by atoms with Gasteiger partial charge in [0.25, 0.3) is 0 Å². The summed E-state index contributed by atoms with van der Waals surface area (Å²) in [4.78, 5) is 28.1. The topological polar surface area (TPSA) is 96.7 Å². The zero-order chi connectivity index (χ0) is 20.1. The second-order valence-corrected chi connectivity index (χ2v) is 8.51. The van der Waals surface area contributed by atoms with Crippen LogP contribution in [0.3, 0.4) is 0 Å². The summed E-state index contributed by atoms with van der Waals surface area (Å²) in [5.74, 6) is 1.59. The van der Waals surface area contributed by atoms with Crippen LogP contribution in [0.5, 0.6) is 0 Å². The number of aromatic nitrogens is 4. The molecule has 0 unspecified atom stereocenters. The number of anilines is 2. The molecule has 1 atom stereocenters. The number of ether oxygens (including phenoxy) is 1. The number of imidazole rings is 1. The lowest BCUT2D eigenvalue weighted by Gasteiger charge is -2.36. The molecule has 6 heterocycles. The Hall–Kier alpha value is -3.04. The van der Waals surface area contributed by atoms with Gasteiger partial charge in [-0.25, -0.2) is 15.0 Å². The van der Waals surface area contributed by atoms with Gasteiger partial charge in [0.15, 0.2) is 11.5 Å². The number of hydrogen-bond acceptors (Lipinski definition) is 7. The zero-order valence-electron chi connectivity index (χ0n) is 16.5. The highest BCUT2D eigenvalue weighted by Gasteiger charge is 2.49. The molecule has 0 aliphatic carbocycles. The molecule has 6 rings (SSSR count). The van der Waals surface area contributed by atoms with Crippen molar-refractivity contribution >= 4 is 23.2 Å². The first kappa shape index (κ1) is 17.8. The van der Waals surface area contributed by atoms with Gasteiger partial charge in [-0.15, -0.1) is 0 Å². The summed E-state index contributed by atoms with van der Waals surface area (Å²) in [5.41, 5.74) is 2.38. The number of hydrogen-bond donors (Lipinski definition) is 2. The van der Waals surface area contributed by atoms with E-state index in [2.05, 4.69) is 20.6 Å². The lowest BCUT2D eigenvalue weighted by Crippen LogP contribution is -2.44. The maximum Gasteiger partial charge on any atom is 0.229 e. The third kappa shape index (κ3) is 2.93. The molecule has 30 heavy (non-hydrogen) atoms. The van der Waals surface area contributed by atoms with Crippen molar-refractivity contribution in [2.45, 2.75) is 18.9 Å². The average Bonchev–Trinajstić information content (AvgIpc) is 3.45. The Balaban J connectivity index is 1.33. The van der Waals surface area contributed by atoms with Gasteiger partial charge >= 0.3 is 0 Å². The fraction of sp³-hybridized carbons (Fsp3) is 0.429. The Morgan fingerprint density at radius 2 is 2.17 bits per heavy atom. The molecular formula is C21H23N7O2. The Bertz CT molecular complexity index is 1120. The van der Waals surface area contributed by atoms with E-state index < -0.39 is 0 Å². The maximum absolute atomic E-state index is 12.6. The second kappa shape index (κ2) is 6.75. The van der Waals surface area contributed by atoms with Crippen LogP contribution in [0.1, 0.15) is 12.8 Å². The number of amides is 1. The van der Waals surface area contributed by atoms with Gasteiger partial charge in [0.05, 0.1) is 43.2 Å². The molecule has 9 heteroatoms. The molecule has 0 bridgehead atoms. The average molecular weight is 405 g/mol. The summed E-state index contributed by atoms with van der Waals surface area (Å²) in [6.45, 7) is 3.93. The van der Waals surface area contributed by atoms with E-state index in [9.17, 15) is 4.79 Å². The number of pyridine rings is 1. The molecule has 154 valence electrons. The Morgan fingerprint density at radius 1 is 1.23 bits per heavy atom. The Kier molecular flexibility index (Phi) is 4.00. The quantitative estimate of drug-likeness (QED) is 0.676. The van der Waals surface area contributed by atoms with Crippen LogP contribution >= 0.6 is 0 Å². The molecule has 2 N–H and O–H groups in total. The highest BCUT2D eigenvalue weighted by atomic mass is 16.5. The molecular weight excluding hydrogens is 382 g/mol. The van der Waals surface area contributed by atoms with E-state index in [1.54, 1.807) is 17.3 Å². The number of nitrogens with one attached hydrogen (secondary N) is 2. The molecule has 0 aromatic carbocycles. The fourth-order valence-corrected chi connectivity index (χ4v) is 4.54. The van der Waals surface area contributed by atoms with Gasteiger partial charge in [0.1, 0.15) is 5.82 Å². The van der Waals surface area contributed by atoms with Crippen molar-refractivity contribution in [2.24, 2.45) is 5.41 Å². The number of fused-ring (bicyclic) bond motifs is 1. The van der Waals surface area contributed by atoms with Gasteiger partial charge in [-0.05, 0) is 25.1 Å². The molecule has 3 aromatic rings. The first-order valence-electron chi connectivity index (χ1n) is 10.4. The molecule has 3 aliphatic heterocycles. The van der Waals surface area contributed by atoms with Crippen LogP contribution in [0.25, 0.3) is 17.0 Å². The Morgan fingerprint density at radius 3 is 2.93 bits per heavy atom. The molecule has 3 aromatic heterocycles. The molecule has 3 aliphatic rings. The number of nitrogens with zero attached hydrogens (tertiary/aromatic N) is 5. The van der Waals surface area contributed by atoms with E-state index in [4.69, 9.17) is 9.72 Å². The van der Waals surface area contributed by atoms with Crippen LogP contribution in [0, 0.1) is 5.41 Å². The van der Waals surface area contributed by atoms with E-state index in [1.807, 2.05) is 28.8 Å². The molecule has 0 radical (unpaired) electrons. The first-order chi connectivity index (χ1) is 14.7. The summed E-state index contributed by atoms with van der Waals surface area (Å²) in [5, 5.41) is 6.85. The maximum atomic E-state index is 12.6. The Labute approximate surface area is 173 Å². The molecule has 9 nitrogen and oxygen atoms in total. The van der Waals surface area contributed by atoms with E-state index >= 15 is 0 Å². The SMILES string of the molecule is O=C1CC2(COC2)CN1c1cn2c(-c3cccc(N[C@@H]4CCNC4)n3)cnc2cn1. The van der Waals surface area contributed by atoms with E-state index in [-0.39, 0.29) is 11.3 Å². The summed E-state index contributed by atoms with van der Waals surface area (Å²) in [6, 6.07) is 6.36. The van der Waals surface area contributed by atoms with Gasteiger partial charge in [-0.3, -0.25) is 14.1 Å². The highest BCUT2D eigenvalue weighted by molar-refractivity contribution is 5.95. The van der Waals surface area contributed by atoms with Gasteiger partial charge in [0, 0.05) is 31.0 Å². The lowest BCUT2D eigenvalue weighted by molar-refractivity contribution is -0.126. The van der Waals surface area contributed by atoms with Gasteiger partial charge < -0.3 is 15.4 Å². The van der Waals surface area contributed by atoms with Crippen molar-refractivity contribution in [3.05, 3.63) is 36.8 Å². The first-order valence-corrected chi connectivity index (χ1v) is 10.4. The van der Waals surface area contributed by atoms with Crippen molar-refractivity contribution in [2.75, 3.05) is 43.1 Å². The van der Waals surface area contributed by atoms with Gasteiger partial charge in [0.2, 0.25) is 5.91 Å². The van der Waals surface area contributed by atoms with Crippen molar-refractivity contribution < 1.29 is 9.53 Å². The molecule has 0 saturated carbocycles. The van der Waals surface area contributed by atoms with E-state index in [0.717, 1.165) is 42.4 Å². The minimum Gasteiger partial charge on any atom is -0.380 e. The van der Waals surface area contributed by atoms with Gasteiger partial charge in [-0.2, -0.15) is 0 Å². The van der Waals surface area contributed by atoms with Crippen LogP contribution in [-0.2, 0) is 9.53 Å². The van der Waals surface area contributed by atoms with Crippen LogP contribution in [-0.4, -0.2) is 64.1 Å². The zero-order valence-corrected chi connectivity index (χ0v) is 16.5. The van der Waals surface area contributed by atoms with Crippen molar-refractivity contribution in [1.82, 2.24) is 24.7 Å². The molecule has 1 amide bonds. The minimum absolute atomic E-state index is 0.0395. The molecule has 3 saturated heterocycles. The summed E-state index contributed by atoms with van der Waals surface area (Å²) >= 11 is 0. The molecule has 3 fully saturated rings. The standard InChI is InChI=1S/C21H23N7O2/c29-20-6-21(12-30-13-21)11-28(20)19-10-27-16(8-23-18(27)9-24-19)15-2-1-3-17(26-15)25-14-4-5-22-7-14/h1-3,8-10,14,22H,4-7,11-13H2,(H,25,26)/t14-/m1/s1. The molecule has 1 spiro atoms. The van der Waals surface area contributed by atoms with Crippen LogP contribution in [0.4, 0.5) is 11.6 Å². The number of rotatable bonds is 4. The fourth-order valence-electron chi connectivity index (χ4n) is 4.54. The van der Waals surface area contributed by atoms with Crippen molar-refractivity contribution in [1.29, 1.82) is 0 Å². The van der Waals surface area contributed by atoms with E-state index in [1.165, 1.54) is 0 Å². The van der Waals surface area contributed by atoms with Crippen LogP contribution < -0.4 is 15.5 Å². The third-order valence-electron chi connectivity index (χ3n) is 6.22. The second-order valence-electron chi connectivity index (χ2n) is 8.51. The number of carbonyl (C=O) groups is 1. The van der Waals surface area contributed by atoms with Gasteiger partial charge in [-0.1, -0.05) is 6.07 Å².